The molecule has 148 valence electrons. The minimum atomic E-state index is -3.72. The van der Waals surface area contributed by atoms with Crippen molar-refractivity contribution in [1.82, 2.24) is 0 Å². The van der Waals surface area contributed by atoms with E-state index in [0.29, 0.717) is 24.2 Å². The number of amides is 1. The molecular formula is C23H22N2O3S. The first-order valence-corrected chi connectivity index (χ1v) is 10.9. The average molecular weight is 407 g/mol. The normalized spacial score (nSPS) is 13.2. The standard InChI is InChI=1S/C23H22N2O3S/c1-16-7-6-10-21(17(16)2)24-29(27,28)20-11-12-22-19(15-20)13-14-25(22)23(26)18-8-4-3-5-9-18/h3-12,15,24H,13-14H2,1-2H3. The third-order valence-electron chi connectivity index (χ3n) is 5.37. The van der Waals surface area contributed by atoms with Gasteiger partial charge >= 0.3 is 0 Å². The van der Waals surface area contributed by atoms with Crippen molar-refractivity contribution in [2.24, 2.45) is 0 Å². The monoisotopic (exact) mass is 406 g/mol. The van der Waals surface area contributed by atoms with Crippen LogP contribution in [-0.4, -0.2) is 20.9 Å². The van der Waals surface area contributed by atoms with E-state index < -0.39 is 10.0 Å². The van der Waals surface area contributed by atoms with Gasteiger partial charge in [-0.15, -0.1) is 0 Å². The fourth-order valence-corrected chi connectivity index (χ4v) is 4.73. The number of nitrogens with zero attached hydrogens (tertiary/aromatic N) is 1. The molecule has 6 heteroatoms. The molecule has 3 aromatic rings. The number of benzene rings is 3. The summed E-state index contributed by atoms with van der Waals surface area (Å²) in [5.41, 5.74) is 4.74. The second-order valence-corrected chi connectivity index (χ2v) is 8.90. The third-order valence-corrected chi connectivity index (χ3v) is 6.73. The molecule has 3 aromatic carbocycles. The molecule has 0 unspecified atom stereocenters. The van der Waals surface area contributed by atoms with E-state index >= 15 is 0 Å². The SMILES string of the molecule is Cc1cccc(NS(=O)(=O)c2ccc3c(c2)CCN3C(=O)c2ccccc2)c1C. The molecule has 0 spiro atoms. The number of hydrogen-bond acceptors (Lipinski definition) is 3. The topological polar surface area (TPSA) is 66.5 Å². The highest BCUT2D eigenvalue weighted by atomic mass is 32.2. The lowest BCUT2D eigenvalue weighted by atomic mass is 10.1. The molecule has 1 aliphatic rings. The van der Waals surface area contributed by atoms with E-state index in [1.165, 1.54) is 0 Å². The molecule has 1 N–H and O–H groups in total. The zero-order valence-corrected chi connectivity index (χ0v) is 17.2. The maximum Gasteiger partial charge on any atom is 0.261 e. The molecular weight excluding hydrogens is 384 g/mol. The number of aryl methyl sites for hydroxylation is 1. The third kappa shape index (κ3) is 3.63. The van der Waals surface area contributed by atoms with Gasteiger partial charge in [0.05, 0.1) is 10.6 Å². The highest BCUT2D eigenvalue weighted by Crippen LogP contribution is 2.32. The summed E-state index contributed by atoms with van der Waals surface area (Å²) in [6.45, 7) is 4.38. The number of hydrogen-bond donors (Lipinski definition) is 1. The summed E-state index contributed by atoms with van der Waals surface area (Å²) >= 11 is 0. The summed E-state index contributed by atoms with van der Waals surface area (Å²) in [6, 6.07) is 19.6. The van der Waals surface area contributed by atoms with Gasteiger partial charge in [0.1, 0.15) is 0 Å². The molecule has 0 aliphatic carbocycles. The van der Waals surface area contributed by atoms with E-state index in [0.717, 1.165) is 22.4 Å². The Kier molecular flexibility index (Phi) is 4.88. The maximum atomic E-state index is 12.9. The Balaban J connectivity index is 1.62. The first-order chi connectivity index (χ1) is 13.9. The highest BCUT2D eigenvalue weighted by molar-refractivity contribution is 7.92. The Labute approximate surface area is 171 Å². The lowest BCUT2D eigenvalue weighted by Gasteiger charge is -2.18. The van der Waals surface area contributed by atoms with Crippen LogP contribution in [0.5, 0.6) is 0 Å². The second kappa shape index (κ2) is 7.37. The van der Waals surface area contributed by atoms with E-state index in [1.807, 2.05) is 44.2 Å². The van der Waals surface area contributed by atoms with Crippen LogP contribution in [0.15, 0.2) is 71.6 Å². The molecule has 1 amide bonds. The van der Waals surface area contributed by atoms with E-state index in [1.54, 1.807) is 41.3 Å². The van der Waals surface area contributed by atoms with Gasteiger partial charge in [-0.2, -0.15) is 0 Å². The number of anilines is 2. The molecule has 1 heterocycles. The number of carbonyl (C=O) groups excluding carboxylic acids is 1. The van der Waals surface area contributed by atoms with Gasteiger partial charge < -0.3 is 4.90 Å². The first kappa shape index (κ1) is 19.2. The molecule has 0 fully saturated rings. The largest absolute Gasteiger partial charge is 0.308 e. The van der Waals surface area contributed by atoms with Crippen LogP contribution in [-0.2, 0) is 16.4 Å². The van der Waals surface area contributed by atoms with E-state index in [4.69, 9.17) is 0 Å². The summed E-state index contributed by atoms with van der Waals surface area (Å²) in [5, 5.41) is 0. The Morgan fingerprint density at radius 2 is 1.72 bits per heavy atom. The summed E-state index contributed by atoms with van der Waals surface area (Å²) in [5.74, 6) is -0.0755. The molecule has 0 saturated carbocycles. The van der Waals surface area contributed by atoms with Crippen molar-refractivity contribution in [3.63, 3.8) is 0 Å². The first-order valence-electron chi connectivity index (χ1n) is 9.46. The fourth-order valence-electron chi connectivity index (χ4n) is 3.56. The van der Waals surface area contributed by atoms with E-state index in [-0.39, 0.29) is 10.8 Å². The quantitative estimate of drug-likeness (QED) is 0.702. The molecule has 4 rings (SSSR count). The van der Waals surface area contributed by atoms with Gasteiger partial charge in [0.25, 0.3) is 15.9 Å². The number of fused-ring (bicyclic) bond motifs is 1. The minimum absolute atomic E-state index is 0.0755. The van der Waals surface area contributed by atoms with Crippen LogP contribution in [0.2, 0.25) is 0 Å². The van der Waals surface area contributed by atoms with Crippen molar-refractivity contribution >= 4 is 27.3 Å². The summed E-state index contributed by atoms with van der Waals surface area (Å²) < 4.78 is 28.5. The number of rotatable bonds is 4. The fraction of sp³-hybridized carbons (Fsp3) is 0.174. The van der Waals surface area contributed by atoms with Crippen molar-refractivity contribution in [3.8, 4) is 0 Å². The van der Waals surface area contributed by atoms with Gasteiger partial charge in [0, 0.05) is 17.8 Å². The molecule has 5 nitrogen and oxygen atoms in total. The van der Waals surface area contributed by atoms with Crippen LogP contribution in [0.1, 0.15) is 27.0 Å². The summed E-state index contributed by atoms with van der Waals surface area (Å²) in [7, 11) is -3.72. The number of carbonyl (C=O) groups is 1. The average Bonchev–Trinajstić information content (AvgIpc) is 3.15. The van der Waals surface area contributed by atoms with Gasteiger partial charge in [-0.1, -0.05) is 30.3 Å². The van der Waals surface area contributed by atoms with Gasteiger partial charge in [0.2, 0.25) is 0 Å². The van der Waals surface area contributed by atoms with E-state index in [9.17, 15) is 13.2 Å². The molecule has 29 heavy (non-hydrogen) atoms. The van der Waals surface area contributed by atoms with Crippen molar-refractivity contribution in [2.75, 3.05) is 16.2 Å². The van der Waals surface area contributed by atoms with Crippen LogP contribution < -0.4 is 9.62 Å². The van der Waals surface area contributed by atoms with Crippen LogP contribution >= 0.6 is 0 Å². The van der Waals surface area contributed by atoms with Crippen LogP contribution in [0.25, 0.3) is 0 Å². The highest BCUT2D eigenvalue weighted by Gasteiger charge is 2.27. The zero-order valence-electron chi connectivity index (χ0n) is 16.3. The van der Waals surface area contributed by atoms with Crippen LogP contribution in [0, 0.1) is 13.8 Å². The smallest absolute Gasteiger partial charge is 0.261 e. The zero-order chi connectivity index (χ0) is 20.6. The Hall–Kier alpha value is -3.12. The lowest BCUT2D eigenvalue weighted by molar-refractivity contribution is 0.0989. The molecule has 0 atom stereocenters. The minimum Gasteiger partial charge on any atom is -0.308 e. The van der Waals surface area contributed by atoms with Crippen molar-refractivity contribution in [3.05, 3.63) is 89.0 Å². The van der Waals surface area contributed by atoms with Gasteiger partial charge in [-0.25, -0.2) is 8.42 Å². The molecule has 0 aromatic heterocycles. The van der Waals surface area contributed by atoms with Crippen molar-refractivity contribution in [2.45, 2.75) is 25.2 Å². The van der Waals surface area contributed by atoms with Crippen molar-refractivity contribution in [1.29, 1.82) is 0 Å². The molecule has 0 bridgehead atoms. The second-order valence-electron chi connectivity index (χ2n) is 7.22. The summed E-state index contributed by atoms with van der Waals surface area (Å²) in [4.78, 5) is 14.7. The lowest BCUT2D eigenvalue weighted by Crippen LogP contribution is -2.28. The summed E-state index contributed by atoms with van der Waals surface area (Å²) in [6.07, 6.45) is 0.626. The predicted molar refractivity (Wildman–Crippen MR) is 115 cm³/mol. The number of sulfonamides is 1. The van der Waals surface area contributed by atoms with Crippen LogP contribution in [0.3, 0.4) is 0 Å². The Bertz CT molecular complexity index is 1190. The van der Waals surface area contributed by atoms with Gasteiger partial charge in [0.15, 0.2) is 0 Å². The van der Waals surface area contributed by atoms with Gasteiger partial charge in [-0.3, -0.25) is 9.52 Å². The Morgan fingerprint density at radius 1 is 0.966 bits per heavy atom. The van der Waals surface area contributed by atoms with Crippen molar-refractivity contribution < 1.29 is 13.2 Å². The number of nitrogens with one attached hydrogen (secondary N) is 1. The molecule has 0 radical (unpaired) electrons. The maximum absolute atomic E-state index is 12.9. The Morgan fingerprint density at radius 3 is 2.48 bits per heavy atom. The molecule has 1 aliphatic heterocycles. The van der Waals surface area contributed by atoms with E-state index in [2.05, 4.69) is 4.72 Å². The van der Waals surface area contributed by atoms with Crippen LogP contribution in [0.4, 0.5) is 11.4 Å². The van der Waals surface area contributed by atoms with Gasteiger partial charge in [-0.05, 0) is 73.4 Å². The molecule has 0 saturated heterocycles. The predicted octanol–water partition coefficient (Wildman–Crippen LogP) is 4.31.